The molecule has 28 heavy (non-hydrogen) atoms. The normalized spacial score (nSPS) is 18.1. The smallest absolute Gasteiger partial charge is 0.278 e. The predicted octanol–water partition coefficient (Wildman–Crippen LogP) is 2.17. The summed E-state index contributed by atoms with van der Waals surface area (Å²) in [6, 6.07) is 11.0. The summed E-state index contributed by atoms with van der Waals surface area (Å²) in [7, 11) is 1.51. The van der Waals surface area contributed by atoms with Gasteiger partial charge in [0.25, 0.3) is 5.91 Å². The molecule has 0 spiro atoms. The summed E-state index contributed by atoms with van der Waals surface area (Å²) in [5.74, 6) is 1.14. The number of ether oxygens (including phenoxy) is 1. The van der Waals surface area contributed by atoms with Crippen LogP contribution >= 0.6 is 0 Å². The summed E-state index contributed by atoms with van der Waals surface area (Å²) in [5.41, 5.74) is 7.33. The number of hydrogen-bond donors (Lipinski definition) is 2. The molecule has 8 heteroatoms. The van der Waals surface area contributed by atoms with E-state index in [4.69, 9.17) is 10.5 Å². The van der Waals surface area contributed by atoms with Crippen molar-refractivity contribution in [1.82, 2.24) is 14.5 Å². The van der Waals surface area contributed by atoms with Crippen molar-refractivity contribution in [2.24, 2.45) is 10.7 Å². The zero-order valence-electron chi connectivity index (χ0n) is 15.6. The Balaban J connectivity index is 1.62. The number of amidine groups is 1. The van der Waals surface area contributed by atoms with E-state index in [1.165, 1.54) is 7.11 Å². The van der Waals surface area contributed by atoms with Crippen LogP contribution in [0, 0.1) is 0 Å². The number of nitrogens with two attached hydrogens (primary N) is 1. The molecule has 0 radical (unpaired) electrons. The molecule has 2 aromatic heterocycles. The first kappa shape index (κ1) is 17.7. The van der Waals surface area contributed by atoms with Gasteiger partial charge in [0, 0.05) is 24.3 Å². The fourth-order valence-corrected chi connectivity index (χ4v) is 3.36. The number of amides is 1. The number of hydrogen-bond acceptors (Lipinski definition) is 6. The first-order valence-electron chi connectivity index (χ1n) is 8.78. The number of rotatable bonds is 4. The third-order valence-corrected chi connectivity index (χ3v) is 4.74. The number of carbonyl (C=O) groups is 1. The van der Waals surface area contributed by atoms with E-state index < -0.39 is 5.54 Å². The predicted molar refractivity (Wildman–Crippen MR) is 105 cm³/mol. The Bertz CT molecular complexity index is 1070. The highest BCUT2D eigenvalue weighted by molar-refractivity contribution is 6.04. The summed E-state index contributed by atoms with van der Waals surface area (Å²) >= 11 is 0. The molecule has 3 N–H and O–H groups in total. The second kappa shape index (κ2) is 6.80. The van der Waals surface area contributed by atoms with Crippen LogP contribution in [0.2, 0.25) is 0 Å². The molecule has 0 saturated heterocycles. The van der Waals surface area contributed by atoms with Gasteiger partial charge in [0.05, 0.1) is 13.7 Å². The molecule has 0 aliphatic carbocycles. The van der Waals surface area contributed by atoms with Crippen LogP contribution < -0.4 is 15.8 Å². The molecular weight excluding hydrogens is 356 g/mol. The van der Waals surface area contributed by atoms with Gasteiger partial charge >= 0.3 is 0 Å². The Labute approximate surface area is 162 Å². The molecule has 1 aromatic carbocycles. The summed E-state index contributed by atoms with van der Waals surface area (Å²) < 4.78 is 7.19. The van der Waals surface area contributed by atoms with Gasteiger partial charge in [-0.25, -0.2) is 9.97 Å². The van der Waals surface area contributed by atoms with Gasteiger partial charge in [-0.05, 0) is 36.8 Å². The van der Waals surface area contributed by atoms with Gasteiger partial charge < -0.3 is 20.4 Å². The van der Waals surface area contributed by atoms with Gasteiger partial charge in [-0.2, -0.15) is 0 Å². The van der Waals surface area contributed by atoms with Gasteiger partial charge in [0.2, 0.25) is 0 Å². The highest BCUT2D eigenvalue weighted by atomic mass is 16.5. The number of anilines is 1. The van der Waals surface area contributed by atoms with Crippen molar-refractivity contribution in [3.05, 3.63) is 72.1 Å². The van der Waals surface area contributed by atoms with Crippen LogP contribution in [0.3, 0.4) is 0 Å². The molecule has 1 aliphatic rings. The van der Waals surface area contributed by atoms with E-state index in [-0.39, 0.29) is 11.6 Å². The van der Waals surface area contributed by atoms with Gasteiger partial charge in [-0.1, -0.05) is 12.1 Å². The molecule has 3 heterocycles. The fraction of sp³-hybridized carbons (Fsp3) is 0.200. The summed E-state index contributed by atoms with van der Waals surface area (Å²) in [5, 5.41) is 2.87. The lowest BCUT2D eigenvalue weighted by Gasteiger charge is -2.31. The van der Waals surface area contributed by atoms with Crippen LogP contribution in [0.15, 0.2) is 60.0 Å². The standard InChI is InChI=1S/C20H20N6O2/c1-20(12-26-10-9-23-18(26)17(21)25-20)13-5-3-6-14(11-13)24-19(27)16-15(28-2)7-4-8-22-16/h3-11H,12H2,1-2H3,(H2,21,25)(H,24,27). The number of pyridine rings is 1. The highest BCUT2D eigenvalue weighted by Crippen LogP contribution is 2.32. The topological polar surface area (TPSA) is 107 Å². The number of carbonyl (C=O) groups excluding carboxylic acids is 1. The monoisotopic (exact) mass is 376 g/mol. The van der Waals surface area contributed by atoms with Gasteiger partial charge in [-0.15, -0.1) is 0 Å². The summed E-state index contributed by atoms with van der Waals surface area (Å²) in [6.45, 7) is 2.61. The molecule has 1 atom stereocenters. The second-order valence-corrected chi connectivity index (χ2v) is 6.74. The summed E-state index contributed by atoms with van der Waals surface area (Å²) in [6.07, 6.45) is 5.14. The number of methoxy groups -OCH3 is 1. The van der Waals surface area contributed by atoms with E-state index in [9.17, 15) is 4.79 Å². The molecular formula is C20H20N6O2. The Morgan fingerprint density at radius 3 is 2.93 bits per heavy atom. The van der Waals surface area contributed by atoms with Gasteiger partial charge in [0.15, 0.2) is 17.4 Å². The molecule has 1 amide bonds. The van der Waals surface area contributed by atoms with E-state index in [1.54, 1.807) is 24.5 Å². The lowest BCUT2D eigenvalue weighted by molar-refractivity contribution is 0.101. The summed E-state index contributed by atoms with van der Waals surface area (Å²) in [4.78, 5) is 25.6. The van der Waals surface area contributed by atoms with Crippen LogP contribution in [-0.2, 0) is 12.1 Å². The van der Waals surface area contributed by atoms with E-state index in [1.807, 2.05) is 42.0 Å². The molecule has 1 aliphatic heterocycles. The number of aromatic nitrogens is 3. The minimum Gasteiger partial charge on any atom is -0.494 e. The molecule has 142 valence electrons. The highest BCUT2D eigenvalue weighted by Gasteiger charge is 2.32. The van der Waals surface area contributed by atoms with Crippen LogP contribution in [0.25, 0.3) is 0 Å². The van der Waals surface area contributed by atoms with Crippen LogP contribution in [-0.4, -0.2) is 33.4 Å². The average molecular weight is 376 g/mol. The number of nitrogens with one attached hydrogen (secondary N) is 1. The molecule has 0 fully saturated rings. The number of nitrogens with zero attached hydrogens (tertiary/aromatic N) is 4. The first-order chi connectivity index (χ1) is 13.5. The van der Waals surface area contributed by atoms with Crippen molar-refractivity contribution in [1.29, 1.82) is 0 Å². The Morgan fingerprint density at radius 1 is 1.25 bits per heavy atom. The Morgan fingerprint density at radius 2 is 2.11 bits per heavy atom. The number of benzene rings is 1. The van der Waals surface area contributed by atoms with E-state index in [0.29, 0.717) is 29.6 Å². The molecule has 4 rings (SSSR count). The lowest BCUT2D eigenvalue weighted by atomic mass is 9.91. The first-order valence-corrected chi connectivity index (χ1v) is 8.78. The van der Waals surface area contributed by atoms with E-state index >= 15 is 0 Å². The third-order valence-electron chi connectivity index (χ3n) is 4.74. The van der Waals surface area contributed by atoms with Crippen molar-refractivity contribution < 1.29 is 9.53 Å². The van der Waals surface area contributed by atoms with Crippen molar-refractivity contribution >= 4 is 17.4 Å². The van der Waals surface area contributed by atoms with Crippen molar-refractivity contribution in [2.75, 3.05) is 12.4 Å². The Kier molecular flexibility index (Phi) is 4.31. The van der Waals surface area contributed by atoms with E-state index in [0.717, 1.165) is 5.56 Å². The maximum absolute atomic E-state index is 12.6. The Hall–Kier alpha value is -3.68. The molecule has 8 nitrogen and oxygen atoms in total. The van der Waals surface area contributed by atoms with Crippen molar-refractivity contribution in [3.8, 4) is 5.75 Å². The minimum absolute atomic E-state index is 0.226. The second-order valence-electron chi connectivity index (χ2n) is 6.74. The molecule has 0 saturated carbocycles. The largest absolute Gasteiger partial charge is 0.494 e. The third kappa shape index (κ3) is 3.09. The average Bonchev–Trinajstić information content (AvgIpc) is 3.17. The number of imidazole rings is 1. The van der Waals surface area contributed by atoms with Crippen LogP contribution in [0.4, 0.5) is 5.69 Å². The maximum Gasteiger partial charge on any atom is 0.278 e. The molecule has 0 bridgehead atoms. The van der Waals surface area contributed by atoms with Crippen LogP contribution in [0.1, 0.15) is 28.8 Å². The fourth-order valence-electron chi connectivity index (χ4n) is 3.36. The molecule has 1 unspecified atom stereocenters. The van der Waals surface area contributed by atoms with Crippen LogP contribution in [0.5, 0.6) is 5.75 Å². The maximum atomic E-state index is 12.6. The van der Waals surface area contributed by atoms with E-state index in [2.05, 4.69) is 20.3 Å². The number of aliphatic imine (C=N–C) groups is 1. The van der Waals surface area contributed by atoms with Crippen molar-refractivity contribution in [2.45, 2.75) is 19.0 Å². The zero-order valence-corrected chi connectivity index (χ0v) is 15.6. The number of fused-ring (bicyclic) bond motifs is 1. The molecule has 3 aromatic rings. The minimum atomic E-state index is -0.568. The van der Waals surface area contributed by atoms with Gasteiger partial charge in [-0.3, -0.25) is 9.79 Å². The van der Waals surface area contributed by atoms with Gasteiger partial charge in [0.1, 0.15) is 11.3 Å². The lowest BCUT2D eigenvalue weighted by Crippen LogP contribution is -2.37. The zero-order chi connectivity index (χ0) is 19.7. The quantitative estimate of drug-likeness (QED) is 0.726. The SMILES string of the molecule is COc1cccnc1C(=O)Nc1cccc(C2(C)Cn3ccnc3C(N)=N2)c1. The van der Waals surface area contributed by atoms with Crippen molar-refractivity contribution in [3.63, 3.8) is 0 Å².